The van der Waals surface area contributed by atoms with Gasteiger partial charge in [0, 0.05) is 29.2 Å². The number of benzene rings is 1. The molecule has 3 N–H and O–H groups in total. The van der Waals surface area contributed by atoms with E-state index in [-0.39, 0.29) is 0 Å². The quantitative estimate of drug-likeness (QED) is 0.667. The molecule has 0 saturated carbocycles. The van der Waals surface area contributed by atoms with Crippen molar-refractivity contribution < 1.29 is 0 Å². The second-order valence-corrected chi connectivity index (χ2v) is 5.47. The fourth-order valence-electron chi connectivity index (χ4n) is 2.18. The number of hydrogen-bond donors (Lipinski definition) is 3. The lowest BCUT2D eigenvalue weighted by atomic mass is 10.2. The lowest BCUT2D eigenvalue weighted by molar-refractivity contribution is 1.00. The summed E-state index contributed by atoms with van der Waals surface area (Å²) in [5, 5.41) is 13.5. The molecule has 0 bridgehead atoms. The Labute approximate surface area is 135 Å². The van der Waals surface area contributed by atoms with Crippen molar-refractivity contribution in [2.75, 3.05) is 10.6 Å². The van der Waals surface area contributed by atoms with Crippen molar-refractivity contribution in [3.8, 4) is 0 Å². The Morgan fingerprint density at radius 3 is 2.39 bits per heavy atom. The third-order valence-electron chi connectivity index (χ3n) is 3.41. The highest BCUT2D eigenvalue weighted by molar-refractivity contribution is 5.58. The monoisotopic (exact) mass is 308 g/mol. The molecule has 0 atom stereocenters. The van der Waals surface area contributed by atoms with Crippen LogP contribution in [0.4, 0.5) is 23.3 Å². The van der Waals surface area contributed by atoms with E-state index in [2.05, 4.69) is 56.8 Å². The van der Waals surface area contributed by atoms with Crippen molar-refractivity contribution in [3.05, 3.63) is 53.3 Å². The topological polar surface area (TPSA) is 78.5 Å². The standard InChI is InChI=1S/C17H20N6/c1-4-13-10-15(20-16-9-12(3)22-23-16)21-17(18-13)19-14-7-5-11(2)6-8-14/h5-10H,4H2,1-3H3,(H3,18,19,20,21,22,23). The molecule has 1 aromatic carbocycles. The highest BCUT2D eigenvalue weighted by atomic mass is 15.2. The second-order valence-electron chi connectivity index (χ2n) is 5.47. The van der Waals surface area contributed by atoms with E-state index in [1.54, 1.807) is 0 Å². The number of nitrogens with one attached hydrogen (secondary N) is 3. The van der Waals surface area contributed by atoms with Gasteiger partial charge in [0.15, 0.2) is 5.82 Å². The van der Waals surface area contributed by atoms with E-state index in [1.807, 2.05) is 31.2 Å². The number of nitrogens with zero attached hydrogens (tertiary/aromatic N) is 3. The fourth-order valence-corrected chi connectivity index (χ4v) is 2.18. The zero-order chi connectivity index (χ0) is 16.2. The second kappa shape index (κ2) is 6.48. The first kappa shape index (κ1) is 15.0. The summed E-state index contributed by atoms with van der Waals surface area (Å²) in [4.78, 5) is 9.04. The highest BCUT2D eigenvalue weighted by Crippen LogP contribution is 2.19. The van der Waals surface area contributed by atoms with Crippen molar-refractivity contribution in [3.63, 3.8) is 0 Å². The van der Waals surface area contributed by atoms with Crippen LogP contribution in [0.3, 0.4) is 0 Å². The zero-order valence-corrected chi connectivity index (χ0v) is 13.5. The van der Waals surface area contributed by atoms with Crippen LogP contribution < -0.4 is 10.6 Å². The lowest BCUT2D eigenvalue weighted by Gasteiger charge is -2.09. The van der Waals surface area contributed by atoms with E-state index in [0.717, 1.165) is 35.1 Å². The van der Waals surface area contributed by atoms with Gasteiger partial charge in [0.1, 0.15) is 5.82 Å². The Bertz CT molecular complexity index is 791. The minimum Gasteiger partial charge on any atom is -0.324 e. The molecule has 3 aromatic rings. The molecule has 2 heterocycles. The van der Waals surface area contributed by atoms with Crippen molar-refractivity contribution in [1.82, 2.24) is 20.2 Å². The molecule has 0 spiro atoms. The number of aryl methyl sites for hydroxylation is 3. The zero-order valence-electron chi connectivity index (χ0n) is 13.5. The first-order chi connectivity index (χ1) is 11.1. The highest BCUT2D eigenvalue weighted by Gasteiger charge is 2.06. The molecule has 3 rings (SSSR count). The molecule has 0 aliphatic carbocycles. The number of aromatic amines is 1. The van der Waals surface area contributed by atoms with E-state index in [0.29, 0.717) is 5.95 Å². The third kappa shape index (κ3) is 3.85. The molecular weight excluding hydrogens is 288 g/mol. The molecule has 23 heavy (non-hydrogen) atoms. The largest absolute Gasteiger partial charge is 0.324 e. The maximum atomic E-state index is 4.53. The number of rotatable bonds is 5. The van der Waals surface area contributed by atoms with Crippen LogP contribution in [0, 0.1) is 13.8 Å². The Morgan fingerprint density at radius 2 is 1.74 bits per heavy atom. The van der Waals surface area contributed by atoms with Crippen LogP contribution in [0.5, 0.6) is 0 Å². The Morgan fingerprint density at radius 1 is 0.957 bits per heavy atom. The van der Waals surface area contributed by atoms with Crippen molar-refractivity contribution >= 4 is 23.3 Å². The maximum absolute atomic E-state index is 4.53. The van der Waals surface area contributed by atoms with Gasteiger partial charge in [-0.25, -0.2) is 4.98 Å². The molecule has 118 valence electrons. The molecule has 0 radical (unpaired) electrons. The van der Waals surface area contributed by atoms with Crippen molar-refractivity contribution in [2.45, 2.75) is 27.2 Å². The van der Waals surface area contributed by atoms with E-state index in [9.17, 15) is 0 Å². The van der Waals surface area contributed by atoms with Gasteiger partial charge in [-0.05, 0) is 32.4 Å². The van der Waals surface area contributed by atoms with Crippen molar-refractivity contribution in [2.24, 2.45) is 0 Å². The van der Waals surface area contributed by atoms with Crippen LogP contribution in [-0.4, -0.2) is 20.2 Å². The summed E-state index contributed by atoms with van der Waals surface area (Å²) in [6.07, 6.45) is 0.833. The summed E-state index contributed by atoms with van der Waals surface area (Å²) in [6, 6.07) is 12.0. The van der Waals surface area contributed by atoms with Gasteiger partial charge < -0.3 is 10.6 Å². The number of anilines is 4. The number of aromatic nitrogens is 4. The molecule has 0 aliphatic rings. The number of H-pyrrole nitrogens is 1. The third-order valence-corrected chi connectivity index (χ3v) is 3.41. The van der Waals surface area contributed by atoms with Crippen LogP contribution >= 0.6 is 0 Å². The molecule has 0 fully saturated rings. The van der Waals surface area contributed by atoms with Gasteiger partial charge in [0.25, 0.3) is 0 Å². The van der Waals surface area contributed by atoms with Gasteiger partial charge >= 0.3 is 0 Å². The van der Waals surface area contributed by atoms with Gasteiger partial charge in [0.2, 0.25) is 5.95 Å². The minimum atomic E-state index is 0.572. The molecule has 0 amide bonds. The molecule has 2 aromatic heterocycles. The summed E-state index contributed by atoms with van der Waals surface area (Å²) < 4.78 is 0. The van der Waals surface area contributed by atoms with Gasteiger partial charge in [-0.2, -0.15) is 10.1 Å². The molecule has 0 aliphatic heterocycles. The lowest BCUT2D eigenvalue weighted by Crippen LogP contribution is -2.03. The first-order valence-electron chi connectivity index (χ1n) is 7.63. The van der Waals surface area contributed by atoms with Crippen LogP contribution in [0.2, 0.25) is 0 Å². The normalized spacial score (nSPS) is 10.6. The fraction of sp³-hybridized carbons (Fsp3) is 0.235. The summed E-state index contributed by atoms with van der Waals surface area (Å²) in [7, 11) is 0. The molecule has 0 unspecified atom stereocenters. The first-order valence-corrected chi connectivity index (χ1v) is 7.63. The van der Waals surface area contributed by atoms with Crippen LogP contribution in [-0.2, 0) is 6.42 Å². The maximum Gasteiger partial charge on any atom is 0.229 e. The predicted octanol–water partition coefficient (Wildman–Crippen LogP) is 3.87. The van der Waals surface area contributed by atoms with E-state index < -0.39 is 0 Å². The summed E-state index contributed by atoms with van der Waals surface area (Å²) in [5.41, 5.74) is 4.14. The molecule has 6 nitrogen and oxygen atoms in total. The van der Waals surface area contributed by atoms with Gasteiger partial charge in [0.05, 0.1) is 0 Å². The molecule has 0 saturated heterocycles. The predicted molar refractivity (Wildman–Crippen MR) is 92.5 cm³/mol. The molecular formula is C17H20N6. The average molecular weight is 308 g/mol. The smallest absolute Gasteiger partial charge is 0.229 e. The van der Waals surface area contributed by atoms with Gasteiger partial charge in [-0.15, -0.1) is 0 Å². The summed E-state index contributed by atoms with van der Waals surface area (Å²) in [6.45, 7) is 6.09. The van der Waals surface area contributed by atoms with Gasteiger partial charge in [-0.1, -0.05) is 24.6 Å². The van der Waals surface area contributed by atoms with Crippen LogP contribution in [0.25, 0.3) is 0 Å². The molecule has 6 heteroatoms. The van der Waals surface area contributed by atoms with E-state index in [4.69, 9.17) is 0 Å². The van der Waals surface area contributed by atoms with Crippen LogP contribution in [0.1, 0.15) is 23.9 Å². The summed E-state index contributed by atoms with van der Waals surface area (Å²) >= 11 is 0. The van der Waals surface area contributed by atoms with Crippen molar-refractivity contribution in [1.29, 1.82) is 0 Å². The Kier molecular flexibility index (Phi) is 4.23. The minimum absolute atomic E-state index is 0.572. The SMILES string of the molecule is CCc1cc(Nc2cc(C)[nH]n2)nc(Nc2ccc(C)cc2)n1. The summed E-state index contributed by atoms with van der Waals surface area (Å²) in [5.74, 6) is 2.03. The Balaban J connectivity index is 1.84. The Hall–Kier alpha value is -2.89. The van der Waals surface area contributed by atoms with Crippen LogP contribution in [0.15, 0.2) is 36.4 Å². The average Bonchev–Trinajstić information content (AvgIpc) is 2.94. The van der Waals surface area contributed by atoms with E-state index in [1.165, 1.54) is 5.56 Å². The van der Waals surface area contributed by atoms with Gasteiger partial charge in [-0.3, -0.25) is 5.10 Å². The van der Waals surface area contributed by atoms with E-state index >= 15 is 0 Å². The number of hydrogen-bond acceptors (Lipinski definition) is 5.